The van der Waals surface area contributed by atoms with Crippen molar-refractivity contribution in [2.24, 2.45) is 0 Å². The van der Waals surface area contributed by atoms with Crippen molar-refractivity contribution < 1.29 is 23.2 Å². The first kappa shape index (κ1) is 20.7. The number of rotatable bonds is 5. The van der Waals surface area contributed by atoms with Gasteiger partial charge in [-0.25, -0.2) is 23.8 Å². The third-order valence-corrected chi connectivity index (χ3v) is 5.00. The van der Waals surface area contributed by atoms with Crippen molar-refractivity contribution in [3.63, 3.8) is 0 Å². The molecule has 29 heavy (non-hydrogen) atoms. The Morgan fingerprint density at radius 2 is 1.90 bits per heavy atom. The molecule has 1 aliphatic heterocycles. The van der Waals surface area contributed by atoms with Crippen molar-refractivity contribution in [1.82, 2.24) is 15.8 Å². The molecule has 0 spiro atoms. The third-order valence-electron chi connectivity index (χ3n) is 4.51. The van der Waals surface area contributed by atoms with Gasteiger partial charge in [-0.3, -0.25) is 4.79 Å². The molecule has 7 nitrogen and oxygen atoms in total. The van der Waals surface area contributed by atoms with Gasteiger partial charge >= 0.3 is 12.1 Å². The molecule has 0 aromatic heterocycles. The summed E-state index contributed by atoms with van der Waals surface area (Å²) in [5.74, 6) is -1.80. The first-order valence-electron chi connectivity index (χ1n) is 8.62. The van der Waals surface area contributed by atoms with Crippen molar-refractivity contribution >= 4 is 39.6 Å². The molecule has 0 aliphatic carbocycles. The highest BCUT2D eigenvalue weighted by Crippen LogP contribution is 2.23. The monoisotopic (exact) mass is 466 g/mol. The molecule has 2 aromatic rings. The fourth-order valence-electron chi connectivity index (χ4n) is 2.88. The molecule has 0 unspecified atom stereocenters. The minimum absolute atomic E-state index is 0.125. The van der Waals surface area contributed by atoms with Crippen LogP contribution in [-0.2, 0) is 11.2 Å². The van der Waals surface area contributed by atoms with Crippen molar-refractivity contribution in [2.45, 2.75) is 25.3 Å². The summed E-state index contributed by atoms with van der Waals surface area (Å²) in [6.45, 7) is 1.49. The number of imide groups is 1. The van der Waals surface area contributed by atoms with Crippen LogP contribution in [0.3, 0.4) is 0 Å². The van der Waals surface area contributed by atoms with E-state index in [1.807, 2.05) is 0 Å². The molecule has 2 aromatic carbocycles. The van der Waals surface area contributed by atoms with Crippen LogP contribution >= 0.6 is 15.9 Å². The zero-order valence-corrected chi connectivity index (χ0v) is 16.8. The van der Waals surface area contributed by atoms with E-state index >= 15 is 0 Å². The lowest BCUT2D eigenvalue weighted by Crippen LogP contribution is -2.50. The summed E-state index contributed by atoms with van der Waals surface area (Å²) < 4.78 is 28.1. The Kier molecular flexibility index (Phi) is 5.83. The van der Waals surface area contributed by atoms with E-state index in [4.69, 9.17) is 0 Å². The number of carbonyl (C=O) groups excluding carboxylic acids is 3. The first-order chi connectivity index (χ1) is 13.7. The maximum absolute atomic E-state index is 13.8. The minimum atomic E-state index is -1.32. The lowest BCUT2D eigenvalue weighted by molar-refractivity contribution is -0.132. The number of hydrazine groups is 1. The molecule has 0 saturated carbocycles. The lowest BCUT2D eigenvalue weighted by Gasteiger charge is -2.21. The number of hydrogen-bond acceptors (Lipinski definition) is 3. The predicted octanol–water partition coefficient (Wildman–Crippen LogP) is 3.71. The zero-order valence-electron chi connectivity index (χ0n) is 15.3. The molecule has 1 aliphatic rings. The van der Waals surface area contributed by atoms with Gasteiger partial charge in [0, 0.05) is 4.47 Å². The topological polar surface area (TPSA) is 90.5 Å². The van der Waals surface area contributed by atoms with Crippen LogP contribution in [0.4, 0.5) is 24.1 Å². The molecule has 0 bridgehead atoms. The van der Waals surface area contributed by atoms with Gasteiger partial charge in [-0.05, 0) is 49.6 Å². The van der Waals surface area contributed by atoms with Crippen molar-refractivity contribution in [3.05, 3.63) is 64.1 Å². The predicted molar refractivity (Wildman–Crippen MR) is 105 cm³/mol. The van der Waals surface area contributed by atoms with Gasteiger partial charge in [0.05, 0.1) is 5.69 Å². The highest BCUT2D eigenvalue weighted by atomic mass is 79.9. The Balaban J connectivity index is 1.65. The molecule has 3 N–H and O–H groups in total. The maximum Gasteiger partial charge on any atom is 0.344 e. The normalized spacial score (nSPS) is 18.6. The molecule has 1 saturated heterocycles. The second-order valence-electron chi connectivity index (χ2n) is 6.68. The van der Waals surface area contributed by atoms with Gasteiger partial charge in [-0.1, -0.05) is 34.1 Å². The summed E-state index contributed by atoms with van der Waals surface area (Å²) in [7, 11) is 0. The molecule has 0 radical (unpaired) electrons. The van der Waals surface area contributed by atoms with E-state index in [-0.39, 0.29) is 18.5 Å². The number of nitrogens with one attached hydrogen (secondary N) is 3. The second-order valence-corrected chi connectivity index (χ2v) is 7.60. The van der Waals surface area contributed by atoms with E-state index in [0.717, 1.165) is 6.07 Å². The van der Waals surface area contributed by atoms with Crippen LogP contribution in [0.15, 0.2) is 46.9 Å². The molecular formula is C19H17BrF2N4O3. The van der Waals surface area contributed by atoms with Crippen LogP contribution in [0.2, 0.25) is 0 Å². The van der Waals surface area contributed by atoms with E-state index < -0.39 is 35.1 Å². The average molecular weight is 467 g/mol. The standard InChI is InChI=1S/C19H17BrF2N4O3/c1-19(9-8-11-4-2-3-5-13(11)21)16(27)26(18(29)24-19)25-17(28)23-15-7-6-12(20)10-14(15)22/h2-7,10H,8-9H2,1H3,(H,24,29)(H2,23,25,28)/t19-/m1/s1. The van der Waals surface area contributed by atoms with E-state index in [1.165, 1.54) is 25.1 Å². The molecule has 1 atom stereocenters. The largest absolute Gasteiger partial charge is 0.344 e. The van der Waals surface area contributed by atoms with Crippen LogP contribution < -0.4 is 16.1 Å². The number of urea groups is 2. The molecule has 3 rings (SSSR count). The van der Waals surface area contributed by atoms with E-state index in [1.54, 1.807) is 18.2 Å². The first-order valence-corrected chi connectivity index (χ1v) is 9.42. The van der Waals surface area contributed by atoms with Crippen LogP contribution in [0.5, 0.6) is 0 Å². The van der Waals surface area contributed by atoms with E-state index in [9.17, 15) is 23.2 Å². The summed E-state index contributed by atoms with van der Waals surface area (Å²) in [4.78, 5) is 37.0. The van der Waals surface area contributed by atoms with Gasteiger partial charge < -0.3 is 10.6 Å². The second kappa shape index (κ2) is 8.16. The molecule has 152 valence electrons. The van der Waals surface area contributed by atoms with Gasteiger partial charge in [0.25, 0.3) is 5.91 Å². The molecule has 1 heterocycles. The Hall–Kier alpha value is -3.01. The van der Waals surface area contributed by atoms with Crippen LogP contribution in [0.1, 0.15) is 18.9 Å². The summed E-state index contributed by atoms with van der Waals surface area (Å²) in [6.07, 6.45) is 0.332. The summed E-state index contributed by atoms with van der Waals surface area (Å²) in [6, 6.07) is 8.34. The van der Waals surface area contributed by atoms with Gasteiger partial charge in [0.15, 0.2) is 0 Å². The lowest BCUT2D eigenvalue weighted by atomic mass is 9.93. The number of benzene rings is 2. The quantitative estimate of drug-likeness (QED) is 0.586. The Bertz CT molecular complexity index is 988. The number of halogens is 3. The van der Waals surface area contributed by atoms with Crippen LogP contribution in [0.25, 0.3) is 0 Å². The van der Waals surface area contributed by atoms with Crippen molar-refractivity contribution in [2.75, 3.05) is 5.32 Å². The average Bonchev–Trinajstić information content (AvgIpc) is 2.87. The molecule has 5 amide bonds. The van der Waals surface area contributed by atoms with Crippen molar-refractivity contribution in [1.29, 1.82) is 0 Å². The summed E-state index contributed by atoms with van der Waals surface area (Å²) in [5, 5.41) is 5.25. The highest BCUT2D eigenvalue weighted by Gasteiger charge is 2.48. The molecule has 1 fully saturated rings. The molecule has 10 heteroatoms. The highest BCUT2D eigenvalue weighted by molar-refractivity contribution is 9.10. The fraction of sp³-hybridized carbons (Fsp3) is 0.211. The number of amides is 5. The fourth-order valence-corrected chi connectivity index (χ4v) is 3.22. The Morgan fingerprint density at radius 1 is 1.17 bits per heavy atom. The third kappa shape index (κ3) is 4.53. The van der Waals surface area contributed by atoms with Crippen LogP contribution in [-0.4, -0.2) is 28.5 Å². The van der Waals surface area contributed by atoms with Gasteiger partial charge in [0.2, 0.25) is 0 Å². The number of aryl methyl sites for hydroxylation is 1. The number of nitrogens with zero attached hydrogens (tertiary/aromatic N) is 1. The summed E-state index contributed by atoms with van der Waals surface area (Å²) >= 11 is 3.10. The van der Waals surface area contributed by atoms with Gasteiger partial charge in [-0.15, -0.1) is 0 Å². The van der Waals surface area contributed by atoms with Gasteiger partial charge in [0.1, 0.15) is 17.2 Å². The van der Waals surface area contributed by atoms with E-state index in [0.29, 0.717) is 15.0 Å². The smallest absolute Gasteiger partial charge is 0.322 e. The van der Waals surface area contributed by atoms with Gasteiger partial charge in [-0.2, -0.15) is 5.01 Å². The number of hydrogen-bond donors (Lipinski definition) is 3. The van der Waals surface area contributed by atoms with Crippen LogP contribution in [0, 0.1) is 11.6 Å². The van der Waals surface area contributed by atoms with E-state index in [2.05, 4.69) is 32.0 Å². The minimum Gasteiger partial charge on any atom is -0.322 e. The summed E-state index contributed by atoms with van der Waals surface area (Å²) in [5.41, 5.74) is 1.06. The zero-order chi connectivity index (χ0) is 21.2. The SMILES string of the molecule is C[C@]1(CCc2ccccc2F)NC(=O)N(NC(=O)Nc2ccc(Br)cc2F)C1=O. The Morgan fingerprint density at radius 3 is 2.59 bits per heavy atom. The Labute approximate surface area is 173 Å². The maximum atomic E-state index is 13.8. The number of anilines is 1. The van der Waals surface area contributed by atoms with Crippen molar-refractivity contribution in [3.8, 4) is 0 Å². The molecular weight excluding hydrogens is 450 g/mol. The number of carbonyl (C=O) groups is 3.